The highest BCUT2D eigenvalue weighted by Crippen LogP contribution is 2.26. The molecule has 0 saturated carbocycles. The average Bonchev–Trinajstić information content (AvgIpc) is 3.38. The van der Waals surface area contributed by atoms with Crippen LogP contribution in [0.4, 0.5) is 16.2 Å². The van der Waals surface area contributed by atoms with Crippen LogP contribution in [0.25, 0.3) is 0 Å². The molecule has 2 saturated heterocycles. The van der Waals surface area contributed by atoms with Gasteiger partial charge in [0.25, 0.3) is 0 Å². The van der Waals surface area contributed by atoms with Gasteiger partial charge < -0.3 is 25.0 Å². The number of halogens is 1. The van der Waals surface area contributed by atoms with Crippen molar-refractivity contribution in [2.24, 2.45) is 0 Å². The van der Waals surface area contributed by atoms with Gasteiger partial charge in [0.2, 0.25) is 5.91 Å². The summed E-state index contributed by atoms with van der Waals surface area (Å²) in [7, 11) is 0. The molecule has 8 heteroatoms. The molecule has 0 aromatic heterocycles. The number of carbonyl (C=O) groups excluding carboxylic acids is 2. The van der Waals surface area contributed by atoms with Crippen LogP contribution in [0.5, 0.6) is 0 Å². The van der Waals surface area contributed by atoms with Gasteiger partial charge in [-0.05, 0) is 43.9 Å². The predicted octanol–water partition coefficient (Wildman–Crippen LogP) is 3.88. The number of benzene rings is 1. The molecule has 1 aromatic rings. The Kier molecular flexibility index (Phi) is 7.53. The molecule has 2 aliphatic heterocycles. The van der Waals surface area contributed by atoms with Crippen molar-refractivity contribution in [3.05, 3.63) is 23.2 Å². The fourth-order valence-electron chi connectivity index (χ4n) is 3.45. The Morgan fingerprint density at radius 1 is 1.11 bits per heavy atom. The number of nitrogens with zero attached hydrogens (tertiary/aromatic N) is 1. The smallest absolute Gasteiger partial charge is 0.322 e. The predicted molar refractivity (Wildman–Crippen MR) is 109 cm³/mol. The molecule has 28 heavy (non-hydrogen) atoms. The number of urea groups is 1. The normalized spacial score (nSPS) is 21.5. The summed E-state index contributed by atoms with van der Waals surface area (Å²) < 4.78 is 11.4. The molecule has 1 aromatic carbocycles. The van der Waals surface area contributed by atoms with Crippen LogP contribution in [0.3, 0.4) is 0 Å². The van der Waals surface area contributed by atoms with E-state index >= 15 is 0 Å². The van der Waals surface area contributed by atoms with Crippen molar-refractivity contribution in [3.63, 3.8) is 0 Å². The Balaban J connectivity index is 1.68. The molecule has 0 spiro atoms. The summed E-state index contributed by atoms with van der Waals surface area (Å²) in [5, 5.41) is 6.07. The maximum Gasteiger partial charge on any atom is 0.322 e. The van der Waals surface area contributed by atoms with Gasteiger partial charge in [0.1, 0.15) is 0 Å². The minimum atomic E-state index is -0.244. The van der Waals surface area contributed by atoms with Crippen molar-refractivity contribution in [1.29, 1.82) is 0 Å². The highest BCUT2D eigenvalue weighted by Gasteiger charge is 2.27. The van der Waals surface area contributed by atoms with E-state index < -0.39 is 0 Å². The number of hydrogen-bond acceptors (Lipinski definition) is 4. The zero-order valence-corrected chi connectivity index (χ0v) is 17.0. The molecule has 3 rings (SSSR count). The van der Waals surface area contributed by atoms with E-state index in [4.69, 9.17) is 21.1 Å². The first kappa shape index (κ1) is 20.9. The van der Waals surface area contributed by atoms with Crippen molar-refractivity contribution in [3.8, 4) is 0 Å². The second-order valence-electron chi connectivity index (χ2n) is 7.20. The van der Waals surface area contributed by atoms with Crippen LogP contribution in [-0.4, -0.2) is 55.3 Å². The van der Waals surface area contributed by atoms with E-state index in [0.29, 0.717) is 35.9 Å². The Labute approximate surface area is 170 Å². The van der Waals surface area contributed by atoms with Gasteiger partial charge in [0.05, 0.1) is 22.9 Å². The Morgan fingerprint density at radius 3 is 2.29 bits per heavy atom. The second-order valence-corrected chi connectivity index (χ2v) is 7.61. The number of ether oxygens (including phenoxy) is 2. The number of anilines is 2. The number of hydrogen-bond donors (Lipinski definition) is 2. The van der Waals surface area contributed by atoms with Crippen LogP contribution in [0, 0.1) is 0 Å². The summed E-state index contributed by atoms with van der Waals surface area (Å²) in [4.78, 5) is 26.4. The van der Waals surface area contributed by atoms with Crippen molar-refractivity contribution < 1.29 is 19.1 Å². The lowest BCUT2D eigenvalue weighted by Gasteiger charge is -2.28. The standard InChI is InChI=1S/C20H28ClN3O4/c1-2-19(25)22-14-7-8-17(21)18(11-14)23-20(26)24(12-15-5-3-9-27-15)13-16-6-4-10-28-16/h7-8,11,15-16H,2-6,9-10,12-13H2,1H3,(H,22,25)(H,23,26)/t15-,16-/m0/s1. The van der Waals surface area contributed by atoms with E-state index in [1.165, 1.54) is 0 Å². The lowest BCUT2D eigenvalue weighted by atomic mass is 10.2. The quantitative estimate of drug-likeness (QED) is 0.716. The molecule has 0 radical (unpaired) electrons. The van der Waals surface area contributed by atoms with Crippen molar-refractivity contribution in [2.45, 2.75) is 51.2 Å². The van der Waals surface area contributed by atoms with E-state index in [0.717, 1.165) is 38.9 Å². The van der Waals surface area contributed by atoms with Gasteiger partial charge in [0, 0.05) is 38.4 Å². The molecule has 0 unspecified atom stereocenters. The monoisotopic (exact) mass is 409 g/mol. The van der Waals surface area contributed by atoms with E-state index in [-0.39, 0.29) is 24.1 Å². The van der Waals surface area contributed by atoms with Crippen molar-refractivity contribution >= 4 is 34.9 Å². The molecule has 2 heterocycles. The van der Waals surface area contributed by atoms with Crippen LogP contribution in [0.2, 0.25) is 5.02 Å². The number of carbonyl (C=O) groups is 2. The molecule has 7 nitrogen and oxygen atoms in total. The van der Waals surface area contributed by atoms with Crippen LogP contribution in [-0.2, 0) is 14.3 Å². The molecule has 2 atom stereocenters. The second kappa shape index (κ2) is 10.1. The molecule has 2 aliphatic rings. The van der Waals surface area contributed by atoms with Gasteiger partial charge >= 0.3 is 6.03 Å². The SMILES string of the molecule is CCC(=O)Nc1ccc(Cl)c(NC(=O)N(C[C@@H]2CCCO2)C[C@@H]2CCCO2)c1. The highest BCUT2D eigenvalue weighted by atomic mass is 35.5. The summed E-state index contributed by atoms with van der Waals surface area (Å²) in [6.07, 6.45) is 4.43. The zero-order valence-electron chi connectivity index (χ0n) is 16.2. The lowest BCUT2D eigenvalue weighted by molar-refractivity contribution is -0.115. The van der Waals surface area contributed by atoms with Gasteiger partial charge in [0.15, 0.2) is 0 Å². The Morgan fingerprint density at radius 2 is 1.75 bits per heavy atom. The van der Waals surface area contributed by atoms with E-state index in [9.17, 15) is 9.59 Å². The Hall–Kier alpha value is -1.83. The lowest BCUT2D eigenvalue weighted by Crippen LogP contribution is -2.44. The third-order valence-electron chi connectivity index (χ3n) is 5.00. The fourth-order valence-corrected chi connectivity index (χ4v) is 3.62. The van der Waals surface area contributed by atoms with Gasteiger partial charge in [-0.15, -0.1) is 0 Å². The van der Waals surface area contributed by atoms with Crippen LogP contribution in [0.1, 0.15) is 39.0 Å². The fraction of sp³-hybridized carbons (Fsp3) is 0.600. The summed E-state index contributed by atoms with van der Waals surface area (Å²) >= 11 is 6.26. The average molecular weight is 410 g/mol. The first-order valence-corrected chi connectivity index (χ1v) is 10.3. The van der Waals surface area contributed by atoms with Crippen molar-refractivity contribution in [1.82, 2.24) is 4.90 Å². The number of amides is 3. The van der Waals surface area contributed by atoms with Gasteiger partial charge in [-0.1, -0.05) is 18.5 Å². The first-order chi connectivity index (χ1) is 13.5. The van der Waals surface area contributed by atoms with E-state index in [2.05, 4.69) is 10.6 Å². The number of rotatable bonds is 7. The maximum atomic E-state index is 13.0. The third-order valence-corrected chi connectivity index (χ3v) is 5.33. The molecule has 154 valence electrons. The largest absolute Gasteiger partial charge is 0.376 e. The summed E-state index contributed by atoms with van der Waals surface area (Å²) in [6, 6.07) is 4.80. The highest BCUT2D eigenvalue weighted by molar-refractivity contribution is 6.33. The van der Waals surface area contributed by atoms with Crippen LogP contribution >= 0.6 is 11.6 Å². The first-order valence-electron chi connectivity index (χ1n) is 9.93. The topological polar surface area (TPSA) is 79.9 Å². The Bertz CT molecular complexity index is 670. The van der Waals surface area contributed by atoms with Gasteiger partial charge in [-0.3, -0.25) is 4.79 Å². The van der Waals surface area contributed by atoms with Crippen molar-refractivity contribution in [2.75, 3.05) is 36.9 Å². The summed E-state index contributed by atoms with van der Waals surface area (Å²) in [6.45, 7) is 4.31. The zero-order chi connectivity index (χ0) is 19.9. The molecular formula is C20H28ClN3O4. The minimum Gasteiger partial charge on any atom is -0.376 e. The van der Waals surface area contributed by atoms with Gasteiger partial charge in [-0.25, -0.2) is 4.79 Å². The third kappa shape index (κ3) is 5.83. The molecule has 0 aliphatic carbocycles. The van der Waals surface area contributed by atoms with Gasteiger partial charge in [-0.2, -0.15) is 0 Å². The van der Waals surface area contributed by atoms with E-state index in [1.807, 2.05) is 0 Å². The van der Waals surface area contributed by atoms with Crippen LogP contribution < -0.4 is 10.6 Å². The molecule has 0 bridgehead atoms. The number of nitrogens with one attached hydrogen (secondary N) is 2. The maximum absolute atomic E-state index is 13.0. The molecule has 3 amide bonds. The van der Waals surface area contributed by atoms with E-state index in [1.54, 1.807) is 30.0 Å². The summed E-state index contributed by atoms with van der Waals surface area (Å²) in [5.41, 5.74) is 1.06. The van der Waals surface area contributed by atoms with Crippen LogP contribution in [0.15, 0.2) is 18.2 Å². The molecular weight excluding hydrogens is 382 g/mol. The molecule has 2 N–H and O–H groups in total. The minimum absolute atomic E-state index is 0.0535. The molecule has 2 fully saturated rings. The summed E-state index contributed by atoms with van der Waals surface area (Å²) in [5.74, 6) is -0.0991.